The van der Waals surface area contributed by atoms with Crippen LogP contribution in [0, 0.1) is 5.21 Å². The van der Waals surface area contributed by atoms with Crippen molar-refractivity contribution < 1.29 is 0 Å². The van der Waals surface area contributed by atoms with Crippen molar-refractivity contribution in [2.24, 2.45) is 0 Å². The van der Waals surface area contributed by atoms with Gasteiger partial charge in [0.2, 0.25) is 0 Å². The Labute approximate surface area is 59.0 Å². The van der Waals surface area contributed by atoms with E-state index in [0.29, 0.717) is 5.82 Å². The van der Waals surface area contributed by atoms with Gasteiger partial charge in [-0.3, -0.25) is 0 Å². The highest BCUT2D eigenvalue weighted by Gasteiger charge is 1.90. The summed E-state index contributed by atoms with van der Waals surface area (Å²) < 4.78 is 0. The summed E-state index contributed by atoms with van der Waals surface area (Å²) in [5.74, 6) is 0.317. The Morgan fingerprint density at radius 2 is 2.50 bits per heavy atom. The molecule has 0 aliphatic heterocycles. The highest BCUT2D eigenvalue weighted by molar-refractivity contribution is 5.61. The molecule has 0 unspecified atom stereocenters. The van der Waals surface area contributed by atoms with Crippen LogP contribution in [0.2, 0.25) is 0 Å². The molecule has 0 aliphatic carbocycles. The topological polar surface area (TPSA) is 48.0 Å². The zero-order valence-electron chi connectivity index (χ0n) is 5.37. The lowest BCUT2D eigenvalue weighted by molar-refractivity contribution is 1.30. The van der Waals surface area contributed by atoms with E-state index in [1.807, 2.05) is 0 Å². The van der Waals surface area contributed by atoms with Gasteiger partial charge in [-0.2, -0.15) is 0 Å². The standard InChI is InChI=1S/C7H7N2O/c1-2-6-4-3-5-8-7(6)9-10/h2-5H,1H2,(H-,8,9,10)/q-1. The molecular weight excluding hydrogens is 128 g/mol. The molecule has 0 amide bonds. The molecule has 1 heterocycles. The van der Waals surface area contributed by atoms with E-state index in [1.54, 1.807) is 29.9 Å². The summed E-state index contributed by atoms with van der Waals surface area (Å²) in [5, 5.41) is 10.2. The Balaban J connectivity index is 3.08. The second-order valence-electron chi connectivity index (χ2n) is 1.75. The monoisotopic (exact) mass is 135 g/mol. The van der Waals surface area contributed by atoms with E-state index >= 15 is 0 Å². The SMILES string of the molecule is C=Cc1cccnc1N[O-]. The second kappa shape index (κ2) is 2.98. The molecule has 1 N–H and O–H groups in total. The zero-order chi connectivity index (χ0) is 7.40. The van der Waals surface area contributed by atoms with E-state index in [0.717, 1.165) is 5.56 Å². The van der Waals surface area contributed by atoms with Crippen LogP contribution in [0.3, 0.4) is 0 Å². The van der Waals surface area contributed by atoms with Gasteiger partial charge in [0.15, 0.2) is 0 Å². The van der Waals surface area contributed by atoms with E-state index in [2.05, 4.69) is 11.6 Å². The van der Waals surface area contributed by atoms with Crippen molar-refractivity contribution in [3.05, 3.63) is 35.7 Å². The third-order valence-corrected chi connectivity index (χ3v) is 1.16. The fourth-order valence-electron chi connectivity index (χ4n) is 0.668. The van der Waals surface area contributed by atoms with Crippen molar-refractivity contribution in [3.8, 4) is 0 Å². The first-order valence-corrected chi connectivity index (χ1v) is 2.84. The van der Waals surface area contributed by atoms with Crippen LogP contribution in [0.25, 0.3) is 6.08 Å². The molecule has 0 bridgehead atoms. The highest BCUT2D eigenvalue weighted by Crippen LogP contribution is 2.10. The van der Waals surface area contributed by atoms with Gasteiger partial charge in [0, 0.05) is 11.8 Å². The second-order valence-corrected chi connectivity index (χ2v) is 1.75. The lowest BCUT2D eigenvalue weighted by atomic mass is 10.2. The third kappa shape index (κ3) is 1.14. The fraction of sp³-hybridized carbons (Fsp3) is 0. The van der Waals surface area contributed by atoms with Crippen LogP contribution in [0.4, 0.5) is 5.82 Å². The molecule has 0 aromatic carbocycles. The molecule has 1 aromatic heterocycles. The number of rotatable bonds is 2. The van der Waals surface area contributed by atoms with Crippen molar-refractivity contribution in [2.45, 2.75) is 0 Å². The van der Waals surface area contributed by atoms with Crippen LogP contribution < -0.4 is 5.48 Å². The van der Waals surface area contributed by atoms with Crippen LogP contribution in [-0.2, 0) is 0 Å². The third-order valence-electron chi connectivity index (χ3n) is 1.16. The molecule has 1 rings (SSSR count). The number of hydrogen-bond donors (Lipinski definition) is 1. The van der Waals surface area contributed by atoms with Crippen LogP contribution in [-0.4, -0.2) is 4.98 Å². The molecular formula is C7H7N2O-. The summed E-state index contributed by atoms with van der Waals surface area (Å²) >= 11 is 0. The highest BCUT2D eigenvalue weighted by atomic mass is 16.5. The number of hydrogen-bond acceptors (Lipinski definition) is 3. The van der Waals surface area contributed by atoms with E-state index in [4.69, 9.17) is 0 Å². The quantitative estimate of drug-likeness (QED) is 0.627. The number of nitrogens with one attached hydrogen (secondary N) is 1. The Hall–Kier alpha value is -1.35. The largest absolute Gasteiger partial charge is 0.760 e. The number of nitrogens with zero attached hydrogens (tertiary/aromatic N) is 1. The van der Waals surface area contributed by atoms with Gasteiger partial charge in [-0.1, -0.05) is 12.7 Å². The Kier molecular flexibility index (Phi) is 2.02. The van der Waals surface area contributed by atoms with Gasteiger partial charge in [-0.15, -0.1) is 0 Å². The molecule has 52 valence electrons. The minimum Gasteiger partial charge on any atom is -0.760 e. The van der Waals surface area contributed by atoms with Crippen LogP contribution >= 0.6 is 0 Å². The van der Waals surface area contributed by atoms with Crippen molar-refractivity contribution in [2.75, 3.05) is 5.48 Å². The Bertz CT molecular complexity index is 235. The van der Waals surface area contributed by atoms with Gasteiger partial charge in [-0.25, -0.2) is 4.98 Å². The van der Waals surface area contributed by atoms with E-state index in [9.17, 15) is 5.21 Å². The molecule has 0 spiro atoms. The first-order chi connectivity index (χ1) is 4.88. The van der Waals surface area contributed by atoms with Crippen LogP contribution in [0.15, 0.2) is 24.9 Å². The van der Waals surface area contributed by atoms with E-state index in [-0.39, 0.29) is 0 Å². The molecule has 0 aliphatic rings. The van der Waals surface area contributed by atoms with Crippen molar-refractivity contribution in [3.63, 3.8) is 0 Å². The minimum absolute atomic E-state index is 0.317. The first kappa shape index (κ1) is 6.77. The average molecular weight is 135 g/mol. The van der Waals surface area contributed by atoms with E-state index in [1.165, 1.54) is 0 Å². The van der Waals surface area contributed by atoms with Crippen molar-refractivity contribution in [1.82, 2.24) is 4.98 Å². The minimum atomic E-state index is 0.317. The van der Waals surface area contributed by atoms with Gasteiger partial charge < -0.3 is 10.7 Å². The van der Waals surface area contributed by atoms with Crippen molar-refractivity contribution >= 4 is 11.9 Å². The Morgan fingerprint density at radius 3 is 3.00 bits per heavy atom. The summed E-state index contributed by atoms with van der Waals surface area (Å²) in [5.41, 5.74) is 2.43. The van der Waals surface area contributed by atoms with Gasteiger partial charge in [0.05, 0.1) is 0 Å². The van der Waals surface area contributed by atoms with Gasteiger partial charge in [0.1, 0.15) is 5.82 Å². The fourth-order valence-corrected chi connectivity index (χ4v) is 0.668. The maximum atomic E-state index is 10.2. The van der Waals surface area contributed by atoms with Crippen molar-refractivity contribution in [1.29, 1.82) is 0 Å². The van der Waals surface area contributed by atoms with Gasteiger partial charge >= 0.3 is 0 Å². The van der Waals surface area contributed by atoms with Crippen LogP contribution in [0.1, 0.15) is 5.56 Å². The molecule has 0 atom stereocenters. The number of aromatic nitrogens is 1. The van der Waals surface area contributed by atoms with E-state index < -0.39 is 0 Å². The van der Waals surface area contributed by atoms with Gasteiger partial charge in [0.25, 0.3) is 0 Å². The lowest BCUT2D eigenvalue weighted by Crippen LogP contribution is -1.91. The summed E-state index contributed by atoms with van der Waals surface area (Å²) in [4.78, 5) is 3.77. The normalized spacial score (nSPS) is 8.90. The average Bonchev–Trinajstić information content (AvgIpc) is 2.04. The van der Waals surface area contributed by atoms with Gasteiger partial charge in [-0.05, 0) is 12.1 Å². The predicted octanol–water partition coefficient (Wildman–Crippen LogP) is 1.63. The number of pyridine rings is 1. The van der Waals surface area contributed by atoms with Crippen LogP contribution in [0.5, 0.6) is 0 Å². The summed E-state index contributed by atoms with van der Waals surface area (Å²) in [7, 11) is 0. The smallest absolute Gasteiger partial charge is 0.122 e. The molecule has 0 radical (unpaired) electrons. The summed E-state index contributed by atoms with van der Waals surface area (Å²) in [6, 6.07) is 3.51. The Morgan fingerprint density at radius 1 is 1.70 bits per heavy atom. The molecule has 3 heteroatoms. The predicted molar refractivity (Wildman–Crippen MR) is 41.3 cm³/mol. The molecule has 0 fully saturated rings. The molecule has 0 saturated carbocycles. The molecule has 10 heavy (non-hydrogen) atoms. The molecule has 0 saturated heterocycles. The molecule has 1 aromatic rings. The summed E-state index contributed by atoms with van der Waals surface area (Å²) in [6.45, 7) is 3.52. The number of anilines is 1. The maximum absolute atomic E-state index is 10.2. The first-order valence-electron chi connectivity index (χ1n) is 2.84. The maximum Gasteiger partial charge on any atom is 0.122 e. The lowest BCUT2D eigenvalue weighted by Gasteiger charge is -2.09. The summed E-state index contributed by atoms with van der Waals surface area (Å²) in [6.07, 6.45) is 3.13. The molecule has 3 nitrogen and oxygen atoms in total. The zero-order valence-corrected chi connectivity index (χ0v) is 5.37.